The van der Waals surface area contributed by atoms with Crippen molar-refractivity contribution in [2.24, 2.45) is 17.8 Å². The molecule has 3 fully saturated rings. The number of likely N-dealkylation sites (tertiary alicyclic amines) is 1. The fourth-order valence-corrected chi connectivity index (χ4v) is 9.09. The normalized spacial score (nSPS) is 31.7. The average Bonchev–Trinajstić information content (AvgIpc) is 3.35. The standard InChI is InChI=1S/C33H25BrCl2N2O5/c1-2-17-7-9-18(10-8-17)38-28(40)23-12-11-22-24(26(23)29(38)41)15-32(35)30(42)37(16-34)31(43)33(32,36)27(22)21-13-14-25(39)20-6-4-3-5-19(20)21/h2-11,13-14,23-24,26-27,39H,1,12,15-16H2/t23-,24+,26-,27-,32+,33-/m0/s1. The largest absolute Gasteiger partial charge is 0.507 e. The number of fused-ring (bicyclic) bond motifs is 5. The number of carbonyl (C=O) groups is 4. The number of nitrogens with zero attached hydrogens (tertiary/aromatic N) is 2. The number of hydrogen-bond acceptors (Lipinski definition) is 5. The molecule has 6 atom stereocenters. The predicted molar refractivity (Wildman–Crippen MR) is 168 cm³/mol. The molecule has 0 bridgehead atoms. The van der Waals surface area contributed by atoms with Crippen molar-refractivity contribution in [3.8, 4) is 5.75 Å². The molecular formula is C33H25BrCl2N2O5. The highest BCUT2D eigenvalue weighted by Crippen LogP contribution is 2.66. The highest BCUT2D eigenvalue weighted by molar-refractivity contribution is 9.09. The van der Waals surface area contributed by atoms with E-state index in [1.54, 1.807) is 48.5 Å². The van der Waals surface area contributed by atoms with Gasteiger partial charge in [-0.1, -0.05) is 82.7 Å². The number of phenolic OH excluding ortho intramolecular Hbond substituents is 1. The number of amides is 4. The van der Waals surface area contributed by atoms with Crippen LogP contribution >= 0.6 is 39.1 Å². The van der Waals surface area contributed by atoms with E-state index in [0.29, 0.717) is 27.6 Å². The second-order valence-electron chi connectivity index (χ2n) is 11.5. The number of carbonyl (C=O) groups excluding carboxylic acids is 4. The summed E-state index contributed by atoms with van der Waals surface area (Å²) in [6, 6.07) is 17.4. The summed E-state index contributed by atoms with van der Waals surface area (Å²) >= 11 is 18.0. The van der Waals surface area contributed by atoms with Gasteiger partial charge in [-0.3, -0.25) is 29.0 Å². The first-order chi connectivity index (χ1) is 20.6. The smallest absolute Gasteiger partial charge is 0.254 e. The van der Waals surface area contributed by atoms with Gasteiger partial charge in [0.1, 0.15) is 5.75 Å². The monoisotopic (exact) mass is 678 g/mol. The van der Waals surface area contributed by atoms with E-state index in [9.17, 15) is 24.3 Å². The number of hydrogen-bond donors (Lipinski definition) is 1. The third-order valence-electron chi connectivity index (χ3n) is 9.65. The van der Waals surface area contributed by atoms with Gasteiger partial charge in [-0.2, -0.15) is 0 Å². The molecule has 7 rings (SSSR count). The van der Waals surface area contributed by atoms with Gasteiger partial charge in [-0.25, -0.2) is 0 Å². The summed E-state index contributed by atoms with van der Waals surface area (Å²) in [5.74, 6) is -4.91. The molecule has 10 heteroatoms. The molecule has 4 aliphatic rings. The maximum absolute atomic E-state index is 14.2. The summed E-state index contributed by atoms with van der Waals surface area (Å²) in [5, 5.41) is 11.9. The summed E-state index contributed by atoms with van der Waals surface area (Å²) in [7, 11) is 0. The summed E-state index contributed by atoms with van der Waals surface area (Å²) in [6.07, 6.45) is 3.76. The first kappa shape index (κ1) is 28.3. The number of alkyl halides is 3. The van der Waals surface area contributed by atoms with Gasteiger partial charge in [-0.05, 0) is 53.5 Å². The molecule has 0 radical (unpaired) electrons. The van der Waals surface area contributed by atoms with Crippen LogP contribution in [0.5, 0.6) is 5.75 Å². The molecule has 218 valence electrons. The van der Waals surface area contributed by atoms with Crippen molar-refractivity contribution < 1.29 is 24.3 Å². The fourth-order valence-electron chi connectivity index (χ4n) is 7.67. The first-order valence-corrected chi connectivity index (χ1v) is 15.8. The minimum atomic E-state index is -1.92. The highest BCUT2D eigenvalue weighted by atomic mass is 79.9. The molecular weight excluding hydrogens is 655 g/mol. The molecule has 2 aliphatic carbocycles. The van der Waals surface area contributed by atoms with Gasteiger partial charge in [-0.15, -0.1) is 23.2 Å². The summed E-state index contributed by atoms with van der Waals surface area (Å²) < 4.78 is 0. The molecule has 7 nitrogen and oxygen atoms in total. The second kappa shape index (κ2) is 9.78. The second-order valence-corrected chi connectivity index (χ2v) is 13.3. The van der Waals surface area contributed by atoms with Crippen LogP contribution < -0.4 is 4.90 Å². The summed E-state index contributed by atoms with van der Waals surface area (Å²) in [5.41, 5.74) is 2.51. The molecule has 1 saturated carbocycles. The Bertz CT molecular complexity index is 1810. The lowest BCUT2D eigenvalue weighted by Gasteiger charge is -2.51. The third-order valence-corrected chi connectivity index (χ3v) is 11.6. The summed E-state index contributed by atoms with van der Waals surface area (Å²) in [6.45, 7) is 3.76. The van der Waals surface area contributed by atoms with E-state index in [1.807, 2.05) is 18.2 Å². The zero-order chi connectivity index (χ0) is 30.4. The molecule has 0 aromatic heterocycles. The Morgan fingerprint density at radius 3 is 2.30 bits per heavy atom. The molecule has 0 unspecified atom stereocenters. The minimum Gasteiger partial charge on any atom is -0.507 e. The molecule has 4 amide bonds. The van der Waals surface area contributed by atoms with Crippen LogP contribution in [0.1, 0.15) is 29.9 Å². The Hall–Kier alpha value is -3.46. The lowest BCUT2D eigenvalue weighted by molar-refractivity contribution is -0.138. The Labute approximate surface area is 265 Å². The van der Waals surface area contributed by atoms with Crippen LogP contribution in [0.3, 0.4) is 0 Å². The number of halogens is 3. The van der Waals surface area contributed by atoms with E-state index < -0.39 is 45.2 Å². The SMILES string of the molecule is C=Cc1ccc(N2C(=O)[C@H]3[C@H](CC=C4[C@H]3C[C@@]3(Cl)C(=O)N(CBr)C(=O)[C@@]3(Cl)[C@H]4c3ccc(O)c4ccccc34)C2=O)cc1. The Morgan fingerprint density at radius 2 is 1.63 bits per heavy atom. The summed E-state index contributed by atoms with van der Waals surface area (Å²) in [4.78, 5) is 54.3. The Balaban J connectivity index is 1.42. The first-order valence-electron chi connectivity index (χ1n) is 13.9. The number of rotatable bonds is 4. The Morgan fingerprint density at radius 1 is 0.930 bits per heavy atom. The number of allylic oxidation sites excluding steroid dienone is 2. The molecule has 43 heavy (non-hydrogen) atoms. The van der Waals surface area contributed by atoms with E-state index in [2.05, 4.69) is 22.5 Å². The van der Waals surface area contributed by atoms with Gasteiger partial charge in [0.2, 0.25) is 11.8 Å². The molecule has 2 aliphatic heterocycles. The number of benzene rings is 3. The van der Waals surface area contributed by atoms with E-state index >= 15 is 0 Å². The van der Waals surface area contributed by atoms with Crippen LogP contribution in [0.15, 0.2) is 78.9 Å². The molecule has 2 heterocycles. The van der Waals surface area contributed by atoms with Crippen LogP contribution in [0, 0.1) is 17.8 Å². The zero-order valence-electron chi connectivity index (χ0n) is 22.7. The van der Waals surface area contributed by atoms with Crippen LogP contribution in [-0.2, 0) is 19.2 Å². The van der Waals surface area contributed by atoms with Gasteiger partial charge < -0.3 is 5.11 Å². The highest BCUT2D eigenvalue weighted by Gasteiger charge is 2.76. The van der Waals surface area contributed by atoms with Gasteiger partial charge in [0.25, 0.3) is 11.8 Å². The lowest BCUT2D eigenvalue weighted by Crippen LogP contribution is -2.60. The maximum atomic E-state index is 14.2. The van der Waals surface area contributed by atoms with Crippen LogP contribution in [0.2, 0.25) is 0 Å². The quantitative estimate of drug-likeness (QED) is 0.156. The minimum absolute atomic E-state index is 0.0516. The molecule has 3 aromatic carbocycles. The molecule has 3 aromatic rings. The van der Waals surface area contributed by atoms with Crippen molar-refractivity contribution in [1.82, 2.24) is 4.90 Å². The topological polar surface area (TPSA) is 95.0 Å². The van der Waals surface area contributed by atoms with Gasteiger partial charge in [0.05, 0.1) is 23.0 Å². The zero-order valence-corrected chi connectivity index (χ0v) is 25.8. The van der Waals surface area contributed by atoms with E-state index in [0.717, 1.165) is 10.5 Å². The number of aromatic hydroxyl groups is 1. The number of anilines is 1. The van der Waals surface area contributed by atoms with Gasteiger partial charge in [0.15, 0.2) is 9.75 Å². The van der Waals surface area contributed by atoms with Crippen molar-refractivity contribution in [2.45, 2.75) is 28.5 Å². The van der Waals surface area contributed by atoms with E-state index in [1.165, 1.54) is 11.0 Å². The lowest BCUT2D eigenvalue weighted by atomic mass is 9.56. The Kier molecular flexibility index (Phi) is 6.44. The molecule has 1 N–H and O–H groups in total. The number of phenols is 1. The van der Waals surface area contributed by atoms with Crippen LogP contribution in [0.4, 0.5) is 5.69 Å². The van der Waals surface area contributed by atoms with Crippen LogP contribution in [0.25, 0.3) is 16.8 Å². The van der Waals surface area contributed by atoms with Crippen molar-refractivity contribution in [3.63, 3.8) is 0 Å². The number of imide groups is 2. The van der Waals surface area contributed by atoms with Crippen molar-refractivity contribution >= 4 is 85.3 Å². The van der Waals surface area contributed by atoms with Crippen molar-refractivity contribution in [2.75, 3.05) is 10.4 Å². The van der Waals surface area contributed by atoms with Crippen molar-refractivity contribution in [3.05, 3.63) is 90.0 Å². The maximum Gasteiger partial charge on any atom is 0.254 e. The van der Waals surface area contributed by atoms with E-state index in [4.69, 9.17) is 23.2 Å². The molecule has 0 spiro atoms. The average molecular weight is 680 g/mol. The van der Waals surface area contributed by atoms with E-state index in [-0.39, 0.29) is 35.9 Å². The van der Waals surface area contributed by atoms with Crippen LogP contribution in [-0.4, -0.2) is 48.8 Å². The predicted octanol–water partition coefficient (Wildman–Crippen LogP) is 6.10. The van der Waals surface area contributed by atoms with Gasteiger partial charge >= 0.3 is 0 Å². The fraction of sp³-hybridized carbons (Fsp3) is 0.273. The van der Waals surface area contributed by atoms with Gasteiger partial charge in [0, 0.05) is 11.3 Å². The molecule has 2 saturated heterocycles. The third kappa shape index (κ3) is 3.60. The van der Waals surface area contributed by atoms with Crippen molar-refractivity contribution in [1.29, 1.82) is 0 Å².